The van der Waals surface area contributed by atoms with E-state index in [1.807, 2.05) is 51.2 Å². The Kier molecular flexibility index (Phi) is 3.39. The molecular weight excluding hydrogens is 268 g/mol. The number of nitrogens with zero attached hydrogens (tertiary/aromatic N) is 6. The molecular formula is C14H16N6O. The second kappa shape index (κ2) is 5.35. The highest BCUT2D eigenvalue weighted by Crippen LogP contribution is 2.22. The van der Waals surface area contributed by atoms with Crippen molar-refractivity contribution in [1.82, 2.24) is 30.0 Å². The van der Waals surface area contributed by atoms with Crippen LogP contribution in [0.2, 0.25) is 0 Å². The highest BCUT2D eigenvalue weighted by Gasteiger charge is 2.14. The molecule has 2 aromatic heterocycles. The molecule has 0 fully saturated rings. The van der Waals surface area contributed by atoms with E-state index in [9.17, 15) is 0 Å². The molecule has 3 aromatic rings. The van der Waals surface area contributed by atoms with Gasteiger partial charge in [-0.2, -0.15) is 9.78 Å². The normalized spacial score (nSPS) is 10.8. The van der Waals surface area contributed by atoms with Gasteiger partial charge in [0.25, 0.3) is 0 Å². The maximum Gasteiger partial charge on any atom is 0.194 e. The lowest BCUT2D eigenvalue weighted by molar-refractivity contribution is 0.288. The number of rotatable bonds is 4. The quantitative estimate of drug-likeness (QED) is 0.727. The molecule has 0 atom stereocenters. The van der Waals surface area contributed by atoms with Gasteiger partial charge >= 0.3 is 0 Å². The van der Waals surface area contributed by atoms with Crippen LogP contribution >= 0.6 is 0 Å². The Balaban J connectivity index is 1.82. The van der Waals surface area contributed by atoms with Gasteiger partial charge in [0.1, 0.15) is 5.69 Å². The van der Waals surface area contributed by atoms with Crippen LogP contribution < -0.4 is 4.74 Å². The predicted molar refractivity (Wildman–Crippen MR) is 76.2 cm³/mol. The third-order valence-electron chi connectivity index (χ3n) is 3.32. The molecule has 0 unspecified atom stereocenters. The van der Waals surface area contributed by atoms with Gasteiger partial charge in [-0.25, -0.2) is 0 Å². The third kappa shape index (κ3) is 2.49. The van der Waals surface area contributed by atoms with Crippen LogP contribution in [-0.4, -0.2) is 30.0 Å². The van der Waals surface area contributed by atoms with Gasteiger partial charge in [-0.05, 0) is 36.4 Å². The van der Waals surface area contributed by atoms with Crippen molar-refractivity contribution in [2.45, 2.75) is 20.5 Å². The Bertz CT molecular complexity index is 746. The van der Waals surface area contributed by atoms with E-state index < -0.39 is 0 Å². The fourth-order valence-corrected chi connectivity index (χ4v) is 2.17. The lowest BCUT2D eigenvalue weighted by Crippen LogP contribution is -2.07. The summed E-state index contributed by atoms with van der Waals surface area (Å²) in [6.07, 6.45) is 0. The molecule has 0 aliphatic heterocycles. The van der Waals surface area contributed by atoms with Crippen molar-refractivity contribution in [3.8, 4) is 11.4 Å². The Morgan fingerprint density at radius 3 is 2.57 bits per heavy atom. The summed E-state index contributed by atoms with van der Waals surface area (Å²) in [5, 5.41) is 16.1. The van der Waals surface area contributed by atoms with E-state index in [4.69, 9.17) is 4.74 Å². The lowest BCUT2D eigenvalue weighted by atomic mass is 10.3. The number of para-hydroxylation sites is 1. The van der Waals surface area contributed by atoms with Gasteiger partial charge in [-0.3, -0.25) is 4.68 Å². The summed E-state index contributed by atoms with van der Waals surface area (Å²) in [4.78, 5) is 0. The standard InChI is InChI=1S/C14H16N6O/c1-10-14(11(2)19(3)16-10)21-9-13-15-17-18-20(13)12-7-5-4-6-8-12/h4-8H,9H2,1-3H3. The maximum absolute atomic E-state index is 5.85. The minimum absolute atomic E-state index is 0.287. The molecule has 0 spiro atoms. The van der Waals surface area contributed by atoms with E-state index in [1.165, 1.54) is 0 Å². The number of hydrogen-bond donors (Lipinski definition) is 0. The Labute approximate surface area is 122 Å². The first-order valence-corrected chi connectivity index (χ1v) is 6.62. The summed E-state index contributed by atoms with van der Waals surface area (Å²) in [7, 11) is 1.89. The molecule has 0 saturated carbocycles. The van der Waals surface area contributed by atoms with Gasteiger partial charge in [0.2, 0.25) is 0 Å². The summed E-state index contributed by atoms with van der Waals surface area (Å²) in [6, 6.07) is 9.72. The summed E-state index contributed by atoms with van der Waals surface area (Å²) in [5.41, 5.74) is 2.74. The Hall–Kier alpha value is -2.70. The molecule has 0 bridgehead atoms. The van der Waals surface area contributed by atoms with E-state index >= 15 is 0 Å². The molecule has 0 amide bonds. The number of tetrazole rings is 1. The minimum atomic E-state index is 0.287. The highest BCUT2D eigenvalue weighted by atomic mass is 16.5. The topological polar surface area (TPSA) is 70.7 Å². The maximum atomic E-state index is 5.85. The lowest BCUT2D eigenvalue weighted by Gasteiger charge is -2.07. The van der Waals surface area contributed by atoms with Gasteiger partial charge in [-0.15, -0.1) is 5.10 Å². The first-order chi connectivity index (χ1) is 10.2. The highest BCUT2D eigenvalue weighted by molar-refractivity contribution is 5.32. The molecule has 7 nitrogen and oxygen atoms in total. The first-order valence-electron chi connectivity index (χ1n) is 6.62. The SMILES string of the molecule is Cc1nn(C)c(C)c1OCc1nnnn1-c1ccccc1. The van der Waals surface area contributed by atoms with Crippen molar-refractivity contribution in [2.24, 2.45) is 7.05 Å². The zero-order chi connectivity index (χ0) is 14.8. The van der Waals surface area contributed by atoms with Crippen molar-refractivity contribution < 1.29 is 4.74 Å². The first kappa shape index (κ1) is 13.3. The molecule has 7 heteroatoms. The second-order valence-electron chi connectivity index (χ2n) is 4.75. The average molecular weight is 284 g/mol. The van der Waals surface area contributed by atoms with E-state index in [0.717, 1.165) is 22.8 Å². The van der Waals surface area contributed by atoms with Crippen LogP contribution in [0.5, 0.6) is 5.75 Å². The zero-order valence-corrected chi connectivity index (χ0v) is 12.2. The van der Waals surface area contributed by atoms with Crippen LogP contribution in [0.3, 0.4) is 0 Å². The van der Waals surface area contributed by atoms with Gasteiger partial charge in [0.15, 0.2) is 18.2 Å². The van der Waals surface area contributed by atoms with Crippen molar-refractivity contribution in [3.05, 3.63) is 47.5 Å². The zero-order valence-electron chi connectivity index (χ0n) is 12.2. The molecule has 2 heterocycles. The number of benzene rings is 1. The second-order valence-corrected chi connectivity index (χ2v) is 4.75. The molecule has 0 aliphatic rings. The van der Waals surface area contributed by atoms with Crippen molar-refractivity contribution >= 4 is 0 Å². The molecule has 0 saturated heterocycles. The minimum Gasteiger partial charge on any atom is -0.482 e. The molecule has 0 N–H and O–H groups in total. The van der Waals surface area contributed by atoms with Crippen molar-refractivity contribution in [1.29, 1.82) is 0 Å². The summed E-state index contributed by atoms with van der Waals surface area (Å²) in [6.45, 7) is 4.17. The van der Waals surface area contributed by atoms with Crippen LogP contribution in [0, 0.1) is 13.8 Å². The van der Waals surface area contributed by atoms with Crippen LogP contribution in [0.15, 0.2) is 30.3 Å². The van der Waals surface area contributed by atoms with Crippen LogP contribution in [-0.2, 0) is 13.7 Å². The molecule has 0 radical (unpaired) electrons. The third-order valence-corrected chi connectivity index (χ3v) is 3.32. The number of ether oxygens (including phenoxy) is 1. The Morgan fingerprint density at radius 2 is 1.90 bits per heavy atom. The fourth-order valence-electron chi connectivity index (χ4n) is 2.17. The van der Waals surface area contributed by atoms with Gasteiger partial charge < -0.3 is 4.74 Å². The molecule has 108 valence electrons. The fraction of sp³-hybridized carbons (Fsp3) is 0.286. The van der Waals surface area contributed by atoms with E-state index in [2.05, 4.69) is 20.6 Å². The predicted octanol–water partition coefficient (Wildman–Crippen LogP) is 1.59. The van der Waals surface area contributed by atoms with E-state index in [-0.39, 0.29) is 6.61 Å². The molecule has 3 rings (SSSR count). The van der Waals surface area contributed by atoms with Crippen LogP contribution in [0.4, 0.5) is 0 Å². The monoisotopic (exact) mass is 284 g/mol. The van der Waals surface area contributed by atoms with Crippen LogP contribution in [0.1, 0.15) is 17.2 Å². The van der Waals surface area contributed by atoms with Crippen molar-refractivity contribution in [3.63, 3.8) is 0 Å². The smallest absolute Gasteiger partial charge is 0.194 e. The molecule has 21 heavy (non-hydrogen) atoms. The molecule has 1 aromatic carbocycles. The Morgan fingerprint density at radius 1 is 1.14 bits per heavy atom. The number of aromatic nitrogens is 6. The summed E-state index contributed by atoms with van der Waals surface area (Å²) >= 11 is 0. The largest absolute Gasteiger partial charge is 0.482 e. The average Bonchev–Trinajstić information content (AvgIpc) is 3.04. The van der Waals surface area contributed by atoms with Gasteiger partial charge in [-0.1, -0.05) is 18.2 Å². The summed E-state index contributed by atoms with van der Waals surface area (Å²) < 4.78 is 9.31. The molecule has 0 aliphatic carbocycles. The van der Waals surface area contributed by atoms with Crippen LogP contribution in [0.25, 0.3) is 5.69 Å². The van der Waals surface area contributed by atoms with Crippen molar-refractivity contribution in [2.75, 3.05) is 0 Å². The van der Waals surface area contributed by atoms with E-state index in [0.29, 0.717) is 5.82 Å². The van der Waals surface area contributed by atoms with E-state index in [1.54, 1.807) is 9.36 Å². The summed E-state index contributed by atoms with van der Waals surface area (Å²) in [5.74, 6) is 1.42. The number of hydrogen-bond acceptors (Lipinski definition) is 5. The van der Waals surface area contributed by atoms with Gasteiger partial charge in [0.05, 0.1) is 11.4 Å². The number of aryl methyl sites for hydroxylation is 2. The van der Waals surface area contributed by atoms with Gasteiger partial charge in [0, 0.05) is 7.05 Å².